The summed E-state index contributed by atoms with van der Waals surface area (Å²) in [4.78, 5) is 12.2. The molecule has 4 heteroatoms. The van der Waals surface area contributed by atoms with Gasteiger partial charge >= 0.3 is 0 Å². The number of aliphatic hydroxyl groups excluding tert-OH is 1. The third-order valence-corrected chi connectivity index (χ3v) is 4.13. The minimum Gasteiger partial charge on any atom is -0.394 e. The van der Waals surface area contributed by atoms with Gasteiger partial charge in [-0.05, 0) is 32.1 Å². The molecule has 0 saturated heterocycles. The van der Waals surface area contributed by atoms with Crippen LogP contribution in [0.3, 0.4) is 0 Å². The average molecular weight is 242 g/mol. The zero-order valence-electron chi connectivity index (χ0n) is 11.0. The number of hydrogen-bond acceptors (Lipinski definition) is 3. The maximum absolute atomic E-state index is 12.2. The predicted octanol–water partition coefficient (Wildman–Crippen LogP) is 1.17. The summed E-state index contributed by atoms with van der Waals surface area (Å²) in [5.41, 5.74) is 5.45. The monoisotopic (exact) mass is 242 g/mol. The molecule has 0 heterocycles. The highest BCUT2D eigenvalue weighted by Gasteiger charge is 2.32. The lowest BCUT2D eigenvalue weighted by molar-refractivity contribution is -0.128. The van der Waals surface area contributed by atoms with Crippen molar-refractivity contribution >= 4 is 5.91 Å². The Balaban J connectivity index is 2.57. The minimum atomic E-state index is -0.446. The Morgan fingerprint density at radius 2 is 2.06 bits per heavy atom. The van der Waals surface area contributed by atoms with E-state index in [0.29, 0.717) is 0 Å². The maximum Gasteiger partial charge on any atom is 0.223 e. The summed E-state index contributed by atoms with van der Waals surface area (Å²) in [5.74, 6) is 0.0978. The number of amides is 1. The van der Waals surface area contributed by atoms with E-state index in [1.54, 1.807) is 0 Å². The van der Waals surface area contributed by atoms with Crippen molar-refractivity contribution in [3.8, 4) is 0 Å². The lowest BCUT2D eigenvalue weighted by Gasteiger charge is -2.34. The Hall–Kier alpha value is -0.610. The summed E-state index contributed by atoms with van der Waals surface area (Å²) in [6.45, 7) is 3.99. The molecule has 1 aliphatic rings. The van der Waals surface area contributed by atoms with Crippen LogP contribution >= 0.6 is 0 Å². The van der Waals surface area contributed by atoms with E-state index in [1.165, 1.54) is 0 Å². The molecule has 1 fully saturated rings. The number of hydrogen-bond donors (Lipinski definition) is 3. The first kappa shape index (κ1) is 14.5. The second-order valence-electron chi connectivity index (χ2n) is 5.26. The fourth-order valence-electron chi connectivity index (χ4n) is 2.52. The van der Waals surface area contributed by atoms with Crippen LogP contribution in [0.1, 0.15) is 52.4 Å². The topological polar surface area (TPSA) is 75.3 Å². The molecular formula is C13H26N2O2. The highest BCUT2D eigenvalue weighted by Crippen LogP contribution is 2.25. The van der Waals surface area contributed by atoms with Gasteiger partial charge in [0.1, 0.15) is 0 Å². The van der Waals surface area contributed by atoms with E-state index in [2.05, 4.69) is 5.32 Å². The normalized spacial score (nSPS) is 25.6. The molecule has 17 heavy (non-hydrogen) atoms. The van der Waals surface area contributed by atoms with Gasteiger partial charge in [0, 0.05) is 12.0 Å². The van der Waals surface area contributed by atoms with Crippen molar-refractivity contribution in [2.24, 2.45) is 11.7 Å². The maximum atomic E-state index is 12.2. The van der Waals surface area contributed by atoms with Crippen LogP contribution in [0.2, 0.25) is 0 Å². The number of rotatable bonds is 5. The van der Waals surface area contributed by atoms with Crippen LogP contribution in [0.25, 0.3) is 0 Å². The smallest absolute Gasteiger partial charge is 0.223 e. The van der Waals surface area contributed by atoms with Crippen LogP contribution in [-0.4, -0.2) is 29.2 Å². The van der Waals surface area contributed by atoms with Crippen LogP contribution in [0.5, 0.6) is 0 Å². The standard InChI is InChI=1S/C13H26N2O2/c1-3-13(4-2,9-16)15-12(17)10-6-5-7-11(14)8-10/h10-11,16H,3-9,14H2,1-2H3,(H,15,17). The van der Waals surface area contributed by atoms with Crippen LogP contribution in [0.4, 0.5) is 0 Å². The second-order valence-corrected chi connectivity index (χ2v) is 5.26. The van der Waals surface area contributed by atoms with Gasteiger partial charge in [0.05, 0.1) is 12.1 Å². The Labute approximate surface area is 104 Å². The van der Waals surface area contributed by atoms with E-state index in [4.69, 9.17) is 5.73 Å². The van der Waals surface area contributed by atoms with Gasteiger partial charge in [-0.3, -0.25) is 4.79 Å². The van der Waals surface area contributed by atoms with E-state index in [9.17, 15) is 9.90 Å². The van der Waals surface area contributed by atoms with Crippen LogP contribution in [0, 0.1) is 5.92 Å². The number of aliphatic hydroxyl groups is 1. The Kier molecular flexibility index (Phi) is 5.40. The lowest BCUT2D eigenvalue weighted by atomic mass is 9.84. The van der Waals surface area contributed by atoms with Crippen molar-refractivity contribution in [1.29, 1.82) is 0 Å². The first-order valence-electron chi connectivity index (χ1n) is 6.75. The molecule has 0 spiro atoms. The van der Waals surface area contributed by atoms with Gasteiger partial charge in [-0.15, -0.1) is 0 Å². The van der Waals surface area contributed by atoms with Crippen molar-refractivity contribution in [2.45, 2.75) is 64.0 Å². The molecule has 4 nitrogen and oxygen atoms in total. The molecule has 0 aromatic heterocycles. The van der Waals surface area contributed by atoms with Gasteiger partial charge in [-0.25, -0.2) is 0 Å². The van der Waals surface area contributed by atoms with Crippen molar-refractivity contribution in [1.82, 2.24) is 5.32 Å². The summed E-state index contributed by atoms with van der Waals surface area (Å²) >= 11 is 0. The fourth-order valence-corrected chi connectivity index (χ4v) is 2.52. The minimum absolute atomic E-state index is 0.00448. The van der Waals surface area contributed by atoms with E-state index in [-0.39, 0.29) is 24.5 Å². The first-order valence-corrected chi connectivity index (χ1v) is 6.75. The van der Waals surface area contributed by atoms with E-state index in [1.807, 2.05) is 13.8 Å². The van der Waals surface area contributed by atoms with E-state index >= 15 is 0 Å². The zero-order valence-corrected chi connectivity index (χ0v) is 11.0. The molecule has 1 saturated carbocycles. The Morgan fingerprint density at radius 3 is 2.53 bits per heavy atom. The van der Waals surface area contributed by atoms with Crippen molar-refractivity contribution in [2.75, 3.05) is 6.61 Å². The molecule has 0 aromatic carbocycles. The van der Waals surface area contributed by atoms with Crippen molar-refractivity contribution < 1.29 is 9.90 Å². The third-order valence-electron chi connectivity index (χ3n) is 4.13. The summed E-state index contributed by atoms with van der Waals surface area (Å²) in [6, 6.07) is 0.159. The molecule has 100 valence electrons. The first-order chi connectivity index (χ1) is 8.06. The van der Waals surface area contributed by atoms with Gasteiger partial charge < -0.3 is 16.2 Å². The summed E-state index contributed by atoms with van der Waals surface area (Å²) < 4.78 is 0. The van der Waals surface area contributed by atoms with E-state index < -0.39 is 5.54 Å². The molecule has 1 rings (SSSR count). The number of nitrogens with one attached hydrogen (secondary N) is 1. The SMILES string of the molecule is CCC(CC)(CO)NC(=O)C1CCCC(N)C1. The summed E-state index contributed by atoms with van der Waals surface area (Å²) in [6.07, 6.45) is 5.27. The fraction of sp³-hybridized carbons (Fsp3) is 0.923. The zero-order chi connectivity index (χ0) is 12.9. The number of carbonyl (C=O) groups is 1. The van der Waals surface area contributed by atoms with Crippen LogP contribution in [-0.2, 0) is 4.79 Å². The summed E-state index contributed by atoms with van der Waals surface area (Å²) in [7, 11) is 0. The lowest BCUT2D eigenvalue weighted by Crippen LogP contribution is -2.53. The molecular weight excluding hydrogens is 216 g/mol. The van der Waals surface area contributed by atoms with Gasteiger partial charge in [0.15, 0.2) is 0 Å². The van der Waals surface area contributed by atoms with Gasteiger partial charge in [0.2, 0.25) is 5.91 Å². The van der Waals surface area contributed by atoms with E-state index in [0.717, 1.165) is 38.5 Å². The molecule has 2 unspecified atom stereocenters. The third kappa shape index (κ3) is 3.68. The highest BCUT2D eigenvalue weighted by molar-refractivity contribution is 5.79. The molecule has 4 N–H and O–H groups in total. The van der Waals surface area contributed by atoms with Crippen LogP contribution in [0.15, 0.2) is 0 Å². The summed E-state index contributed by atoms with van der Waals surface area (Å²) in [5, 5.41) is 12.5. The quantitative estimate of drug-likeness (QED) is 0.677. The van der Waals surface area contributed by atoms with Crippen LogP contribution < -0.4 is 11.1 Å². The Bertz CT molecular complexity index is 244. The Morgan fingerprint density at radius 1 is 1.41 bits per heavy atom. The molecule has 0 aromatic rings. The van der Waals surface area contributed by atoms with Gasteiger partial charge in [-0.2, -0.15) is 0 Å². The second kappa shape index (κ2) is 6.36. The largest absolute Gasteiger partial charge is 0.394 e. The molecule has 1 amide bonds. The predicted molar refractivity (Wildman–Crippen MR) is 68.5 cm³/mol. The average Bonchev–Trinajstić information content (AvgIpc) is 2.36. The number of nitrogens with two attached hydrogens (primary N) is 1. The molecule has 1 aliphatic carbocycles. The molecule has 0 bridgehead atoms. The number of carbonyl (C=O) groups excluding carboxylic acids is 1. The molecule has 0 aliphatic heterocycles. The van der Waals surface area contributed by atoms with Crippen molar-refractivity contribution in [3.63, 3.8) is 0 Å². The highest BCUT2D eigenvalue weighted by atomic mass is 16.3. The molecule has 0 radical (unpaired) electrons. The van der Waals surface area contributed by atoms with Gasteiger partial charge in [0.25, 0.3) is 0 Å². The molecule has 2 atom stereocenters. The van der Waals surface area contributed by atoms with Gasteiger partial charge in [-0.1, -0.05) is 20.3 Å². The van der Waals surface area contributed by atoms with Crippen molar-refractivity contribution in [3.05, 3.63) is 0 Å².